The molecule has 23 heavy (non-hydrogen) atoms. The van der Waals surface area contributed by atoms with Crippen LogP contribution in [0.4, 0.5) is 0 Å². The summed E-state index contributed by atoms with van der Waals surface area (Å²) in [5, 5.41) is 6.16. The lowest BCUT2D eigenvalue weighted by Gasteiger charge is -2.15. The van der Waals surface area contributed by atoms with Crippen molar-refractivity contribution in [3.05, 3.63) is 45.9 Å². The number of aryl methyl sites for hydroxylation is 1. The minimum Gasteiger partial charge on any atom is -0.385 e. The minimum atomic E-state index is -0.0360. The predicted molar refractivity (Wildman–Crippen MR) is 96.3 cm³/mol. The van der Waals surface area contributed by atoms with Gasteiger partial charge in [-0.2, -0.15) is 0 Å². The maximum absolute atomic E-state index is 12.5. The first kappa shape index (κ1) is 18.0. The van der Waals surface area contributed by atoms with Crippen molar-refractivity contribution in [2.45, 2.75) is 37.0 Å². The first-order valence-electron chi connectivity index (χ1n) is 7.52. The standard InChI is InChI=1S/C17H22N2O2S2/c1-12(8-9-21-3)18-17(20)15-6-4-5-7-16(15)23-11-14-10-22-13(2)19-14/h4-7,10,12H,8-9,11H2,1-3H3,(H,18,20). The van der Waals surface area contributed by atoms with Gasteiger partial charge in [0.1, 0.15) is 0 Å². The van der Waals surface area contributed by atoms with Gasteiger partial charge in [0.2, 0.25) is 0 Å². The number of hydrogen-bond donors (Lipinski definition) is 1. The molecule has 1 aromatic heterocycles. The summed E-state index contributed by atoms with van der Waals surface area (Å²) < 4.78 is 5.05. The third kappa shape index (κ3) is 5.64. The Hall–Kier alpha value is -1.37. The highest BCUT2D eigenvalue weighted by Gasteiger charge is 2.14. The summed E-state index contributed by atoms with van der Waals surface area (Å²) in [4.78, 5) is 17.9. The van der Waals surface area contributed by atoms with E-state index in [1.807, 2.05) is 38.1 Å². The van der Waals surface area contributed by atoms with Gasteiger partial charge in [-0.3, -0.25) is 4.79 Å². The third-order valence-corrected chi connectivity index (χ3v) is 5.24. The maximum atomic E-state index is 12.5. The van der Waals surface area contributed by atoms with Crippen molar-refractivity contribution >= 4 is 29.0 Å². The van der Waals surface area contributed by atoms with Crippen LogP contribution in [0.25, 0.3) is 0 Å². The molecule has 0 aliphatic carbocycles. The number of ether oxygens (including phenoxy) is 1. The Bertz CT molecular complexity index is 643. The monoisotopic (exact) mass is 350 g/mol. The number of carbonyl (C=O) groups excluding carboxylic acids is 1. The number of nitrogens with one attached hydrogen (secondary N) is 1. The van der Waals surface area contributed by atoms with E-state index in [4.69, 9.17) is 4.74 Å². The van der Waals surface area contributed by atoms with Crippen molar-refractivity contribution in [2.24, 2.45) is 0 Å². The van der Waals surface area contributed by atoms with Crippen LogP contribution in [0.2, 0.25) is 0 Å². The highest BCUT2D eigenvalue weighted by Crippen LogP contribution is 2.26. The van der Waals surface area contributed by atoms with Crippen molar-refractivity contribution in [1.29, 1.82) is 0 Å². The number of aromatic nitrogens is 1. The highest BCUT2D eigenvalue weighted by atomic mass is 32.2. The smallest absolute Gasteiger partial charge is 0.252 e. The predicted octanol–water partition coefficient (Wildman–Crippen LogP) is 3.90. The Balaban J connectivity index is 2.00. The van der Waals surface area contributed by atoms with E-state index in [9.17, 15) is 4.79 Å². The van der Waals surface area contributed by atoms with Gasteiger partial charge in [0.15, 0.2) is 0 Å². The molecule has 1 atom stereocenters. The highest BCUT2D eigenvalue weighted by molar-refractivity contribution is 7.98. The van der Waals surface area contributed by atoms with E-state index in [1.54, 1.807) is 30.2 Å². The molecule has 0 saturated heterocycles. The van der Waals surface area contributed by atoms with Crippen LogP contribution in [0.1, 0.15) is 34.4 Å². The van der Waals surface area contributed by atoms with E-state index in [0.29, 0.717) is 12.2 Å². The second-order valence-corrected chi connectivity index (χ2v) is 7.38. The zero-order chi connectivity index (χ0) is 16.7. The molecule has 124 valence electrons. The van der Waals surface area contributed by atoms with Crippen LogP contribution in [-0.2, 0) is 10.5 Å². The first-order chi connectivity index (χ1) is 11.1. The molecule has 0 bridgehead atoms. The number of carbonyl (C=O) groups is 1. The molecule has 2 rings (SSSR count). The number of benzene rings is 1. The van der Waals surface area contributed by atoms with Crippen molar-refractivity contribution in [3.8, 4) is 0 Å². The summed E-state index contributed by atoms with van der Waals surface area (Å²) in [6, 6.07) is 7.79. The average molecular weight is 351 g/mol. The molecule has 4 nitrogen and oxygen atoms in total. The number of methoxy groups -OCH3 is 1. The molecular formula is C17H22N2O2S2. The van der Waals surface area contributed by atoms with Crippen LogP contribution >= 0.6 is 23.1 Å². The van der Waals surface area contributed by atoms with Gasteiger partial charge in [-0.25, -0.2) is 4.98 Å². The Labute approximate surface area is 145 Å². The third-order valence-electron chi connectivity index (χ3n) is 3.31. The van der Waals surface area contributed by atoms with Gasteiger partial charge in [-0.1, -0.05) is 12.1 Å². The number of nitrogens with zero attached hydrogens (tertiary/aromatic N) is 1. The fourth-order valence-electron chi connectivity index (χ4n) is 2.07. The molecular weight excluding hydrogens is 328 g/mol. The Morgan fingerprint density at radius 3 is 2.91 bits per heavy atom. The van der Waals surface area contributed by atoms with E-state index < -0.39 is 0 Å². The molecule has 2 aromatic rings. The zero-order valence-corrected chi connectivity index (χ0v) is 15.3. The van der Waals surface area contributed by atoms with Gasteiger partial charge >= 0.3 is 0 Å². The van der Waals surface area contributed by atoms with Crippen molar-refractivity contribution in [3.63, 3.8) is 0 Å². The van der Waals surface area contributed by atoms with Crippen LogP contribution < -0.4 is 5.32 Å². The summed E-state index contributed by atoms with van der Waals surface area (Å²) in [6.07, 6.45) is 0.801. The maximum Gasteiger partial charge on any atom is 0.252 e. The largest absolute Gasteiger partial charge is 0.385 e. The molecule has 1 aromatic carbocycles. The van der Waals surface area contributed by atoms with Gasteiger partial charge in [-0.05, 0) is 32.4 Å². The van der Waals surface area contributed by atoms with Crippen LogP contribution in [0.15, 0.2) is 34.5 Å². The normalized spacial score (nSPS) is 12.1. The van der Waals surface area contributed by atoms with Crippen molar-refractivity contribution in [1.82, 2.24) is 10.3 Å². The molecule has 1 N–H and O–H groups in total. The molecule has 0 aliphatic heterocycles. The van der Waals surface area contributed by atoms with Crippen LogP contribution in [0, 0.1) is 6.92 Å². The van der Waals surface area contributed by atoms with Gasteiger partial charge in [-0.15, -0.1) is 23.1 Å². The second-order valence-electron chi connectivity index (χ2n) is 5.30. The molecule has 1 heterocycles. The van der Waals surface area contributed by atoms with Crippen LogP contribution in [0.3, 0.4) is 0 Å². The molecule has 0 saturated carbocycles. The Kier molecular flexibility index (Phi) is 7.08. The molecule has 1 unspecified atom stereocenters. The van der Waals surface area contributed by atoms with Gasteiger partial charge in [0.25, 0.3) is 5.91 Å². The number of thioether (sulfide) groups is 1. The second kappa shape index (κ2) is 9.05. The fourth-order valence-corrected chi connectivity index (χ4v) is 3.74. The summed E-state index contributed by atoms with van der Waals surface area (Å²) in [5.41, 5.74) is 1.77. The molecule has 0 aliphatic rings. The van der Waals surface area contributed by atoms with Crippen molar-refractivity contribution in [2.75, 3.05) is 13.7 Å². The molecule has 1 amide bonds. The van der Waals surface area contributed by atoms with E-state index in [0.717, 1.165) is 27.8 Å². The number of amides is 1. The van der Waals surface area contributed by atoms with Gasteiger partial charge in [0.05, 0.1) is 16.3 Å². The van der Waals surface area contributed by atoms with E-state index in [2.05, 4.69) is 15.7 Å². The van der Waals surface area contributed by atoms with E-state index in [1.165, 1.54) is 0 Å². The quantitative estimate of drug-likeness (QED) is 0.734. The van der Waals surface area contributed by atoms with Gasteiger partial charge in [0, 0.05) is 35.8 Å². The Morgan fingerprint density at radius 1 is 1.43 bits per heavy atom. The molecule has 0 radical (unpaired) electrons. The lowest BCUT2D eigenvalue weighted by atomic mass is 10.2. The van der Waals surface area contributed by atoms with Crippen molar-refractivity contribution < 1.29 is 9.53 Å². The number of rotatable bonds is 8. The summed E-state index contributed by atoms with van der Waals surface area (Å²) in [5.74, 6) is 0.736. The van der Waals surface area contributed by atoms with E-state index in [-0.39, 0.29) is 11.9 Å². The first-order valence-corrected chi connectivity index (χ1v) is 9.39. The molecule has 0 fully saturated rings. The lowest BCUT2D eigenvalue weighted by Crippen LogP contribution is -2.33. The SMILES string of the molecule is COCCC(C)NC(=O)c1ccccc1SCc1csc(C)n1. The molecule has 6 heteroatoms. The fraction of sp³-hybridized carbons (Fsp3) is 0.412. The topological polar surface area (TPSA) is 51.2 Å². The summed E-state index contributed by atoms with van der Waals surface area (Å²) in [7, 11) is 1.67. The zero-order valence-electron chi connectivity index (χ0n) is 13.7. The van der Waals surface area contributed by atoms with E-state index >= 15 is 0 Å². The lowest BCUT2D eigenvalue weighted by molar-refractivity contribution is 0.0926. The van der Waals surface area contributed by atoms with Crippen LogP contribution in [0.5, 0.6) is 0 Å². The summed E-state index contributed by atoms with van der Waals surface area (Å²) in [6.45, 7) is 4.63. The molecule has 0 spiro atoms. The van der Waals surface area contributed by atoms with Gasteiger partial charge < -0.3 is 10.1 Å². The average Bonchev–Trinajstić information content (AvgIpc) is 2.96. The minimum absolute atomic E-state index is 0.0360. The summed E-state index contributed by atoms with van der Waals surface area (Å²) >= 11 is 3.30. The Morgan fingerprint density at radius 2 is 2.22 bits per heavy atom. The number of hydrogen-bond acceptors (Lipinski definition) is 5. The van der Waals surface area contributed by atoms with Crippen LogP contribution in [-0.4, -0.2) is 30.6 Å². The number of thiazole rings is 1.